The highest BCUT2D eigenvalue weighted by Gasteiger charge is 2.18. The highest BCUT2D eigenvalue weighted by molar-refractivity contribution is 7.09. The Hall–Kier alpha value is -2.61. The second kappa shape index (κ2) is 9.76. The normalized spacial score (nSPS) is 10.8. The van der Waals surface area contributed by atoms with Crippen LogP contribution in [0.1, 0.15) is 41.8 Å². The van der Waals surface area contributed by atoms with E-state index in [9.17, 15) is 4.79 Å². The zero-order valence-electron chi connectivity index (χ0n) is 15.4. The molecule has 1 aromatic carbocycles. The molecule has 0 spiro atoms. The molecule has 1 N–H and O–H groups in total. The van der Waals surface area contributed by atoms with Gasteiger partial charge < -0.3 is 14.2 Å². The van der Waals surface area contributed by atoms with Gasteiger partial charge in [-0.05, 0) is 39.8 Å². The van der Waals surface area contributed by atoms with Crippen molar-refractivity contribution in [3.63, 3.8) is 0 Å². The topological polar surface area (TPSA) is 82.0 Å². The Kier molecular flexibility index (Phi) is 7.40. The number of thiazole rings is 1. The summed E-state index contributed by atoms with van der Waals surface area (Å²) in [6, 6.07) is 3.24. The highest BCUT2D eigenvalue weighted by atomic mass is 32.1. The summed E-state index contributed by atoms with van der Waals surface area (Å²) in [5.41, 5.74) is 3.56. The first-order valence-corrected chi connectivity index (χ1v) is 9.28. The number of aryl methyl sites for hydroxylation is 1. The molecule has 0 radical (unpaired) electrons. The summed E-state index contributed by atoms with van der Waals surface area (Å²) in [7, 11) is 0. The van der Waals surface area contributed by atoms with Gasteiger partial charge in [-0.2, -0.15) is 5.10 Å². The molecule has 0 bridgehead atoms. The molecule has 1 aromatic heterocycles. The average Bonchev–Trinajstić information content (AvgIpc) is 3.03. The molecule has 0 atom stereocenters. The van der Waals surface area contributed by atoms with Crippen molar-refractivity contribution in [1.29, 1.82) is 0 Å². The number of nitrogens with one attached hydrogen (secondary N) is 1. The molecule has 0 saturated heterocycles. The Balaban J connectivity index is 2.23. The molecular weight excluding hydrogens is 354 g/mol. The van der Waals surface area contributed by atoms with E-state index in [-0.39, 0.29) is 5.91 Å². The molecule has 0 fully saturated rings. The van der Waals surface area contributed by atoms with E-state index in [1.54, 1.807) is 12.1 Å². The van der Waals surface area contributed by atoms with Crippen LogP contribution in [0.25, 0.3) is 0 Å². The summed E-state index contributed by atoms with van der Waals surface area (Å²) in [5, 5.41) is 6.75. The lowest BCUT2D eigenvalue weighted by molar-refractivity contribution is 0.0954. The fourth-order valence-corrected chi connectivity index (χ4v) is 2.74. The third-order valence-electron chi connectivity index (χ3n) is 3.17. The SMILES string of the molecule is CCOc1cc(C(=O)N/N=C\c2csc(C)n2)cc(OCC)c1OCC. The predicted octanol–water partition coefficient (Wildman–Crippen LogP) is 3.41. The van der Waals surface area contributed by atoms with Gasteiger partial charge in [0.2, 0.25) is 5.75 Å². The minimum Gasteiger partial charge on any atom is -0.490 e. The minimum absolute atomic E-state index is 0.368. The number of rotatable bonds is 9. The van der Waals surface area contributed by atoms with Gasteiger partial charge in [-0.1, -0.05) is 0 Å². The number of hydrazone groups is 1. The molecule has 2 rings (SSSR count). The van der Waals surface area contributed by atoms with Crippen molar-refractivity contribution in [3.05, 3.63) is 33.8 Å². The molecule has 2 aromatic rings. The van der Waals surface area contributed by atoms with Crippen LogP contribution >= 0.6 is 11.3 Å². The molecule has 0 unspecified atom stereocenters. The van der Waals surface area contributed by atoms with Gasteiger partial charge >= 0.3 is 0 Å². The molecule has 7 nitrogen and oxygen atoms in total. The van der Waals surface area contributed by atoms with Gasteiger partial charge in [0.05, 0.1) is 36.7 Å². The third-order valence-corrected chi connectivity index (χ3v) is 3.96. The van der Waals surface area contributed by atoms with E-state index in [4.69, 9.17) is 14.2 Å². The van der Waals surface area contributed by atoms with Crippen molar-refractivity contribution in [1.82, 2.24) is 10.4 Å². The van der Waals surface area contributed by atoms with Crippen molar-refractivity contribution < 1.29 is 19.0 Å². The quantitative estimate of drug-likeness (QED) is 0.535. The number of ether oxygens (including phenoxy) is 3. The van der Waals surface area contributed by atoms with E-state index < -0.39 is 0 Å². The first kappa shape index (κ1) is 19.7. The monoisotopic (exact) mass is 377 g/mol. The number of aromatic nitrogens is 1. The van der Waals surface area contributed by atoms with Gasteiger partial charge in [0.25, 0.3) is 5.91 Å². The molecule has 1 amide bonds. The first-order chi connectivity index (χ1) is 12.6. The second-order valence-corrected chi connectivity index (χ2v) is 6.15. The lowest BCUT2D eigenvalue weighted by Crippen LogP contribution is -2.18. The molecular formula is C18H23N3O4S. The fourth-order valence-electron chi connectivity index (χ4n) is 2.18. The van der Waals surface area contributed by atoms with Gasteiger partial charge in [-0.25, -0.2) is 10.4 Å². The van der Waals surface area contributed by atoms with Crippen molar-refractivity contribution in [2.75, 3.05) is 19.8 Å². The second-order valence-electron chi connectivity index (χ2n) is 5.09. The lowest BCUT2D eigenvalue weighted by atomic mass is 10.1. The van der Waals surface area contributed by atoms with Crippen LogP contribution in [-0.2, 0) is 0 Å². The third kappa shape index (κ3) is 5.19. The first-order valence-electron chi connectivity index (χ1n) is 8.40. The summed E-state index contributed by atoms with van der Waals surface area (Å²) in [4.78, 5) is 16.7. The maximum atomic E-state index is 12.4. The summed E-state index contributed by atoms with van der Waals surface area (Å²) < 4.78 is 16.9. The fraction of sp³-hybridized carbons (Fsp3) is 0.389. The minimum atomic E-state index is -0.377. The number of benzene rings is 1. The Morgan fingerprint density at radius 3 is 2.27 bits per heavy atom. The Labute approximate surface area is 157 Å². The maximum Gasteiger partial charge on any atom is 0.271 e. The van der Waals surface area contributed by atoms with E-state index in [1.165, 1.54) is 17.6 Å². The summed E-state index contributed by atoms with van der Waals surface area (Å²) in [6.45, 7) is 8.86. The highest BCUT2D eigenvalue weighted by Crippen LogP contribution is 2.39. The van der Waals surface area contributed by atoms with Crippen molar-refractivity contribution >= 4 is 23.5 Å². The van der Waals surface area contributed by atoms with Gasteiger partial charge in [0.15, 0.2) is 11.5 Å². The van der Waals surface area contributed by atoms with E-state index in [2.05, 4.69) is 15.5 Å². The predicted molar refractivity (Wildman–Crippen MR) is 102 cm³/mol. The zero-order chi connectivity index (χ0) is 18.9. The van der Waals surface area contributed by atoms with Crippen LogP contribution in [0.3, 0.4) is 0 Å². The molecule has 0 saturated carbocycles. The number of amides is 1. The van der Waals surface area contributed by atoms with Crippen LogP contribution in [0.4, 0.5) is 0 Å². The van der Waals surface area contributed by atoms with Gasteiger partial charge in [0, 0.05) is 10.9 Å². The summed E-state index contributed by atoms with van der Waals surface area (Å²) >= 11 is 1.52. The van der Waals surface area contributed by atoms with Crippen LogP contribution in [-0.4, -0.2) is 36.9 Å². The van der Waals surface area contributed by atoms with Gasteiger partial charge in [-0.3, -0.25) is 4.79 Å². The smallest absolute Gasteiger partial charge is 0.271 e. The van der Waals surface area contributed by atoms with Crippen LogP contribution in [0.15, 0.2) is 22.6 Å². The average molecular weight is 377 g/mol. The van der Waals surface area contributed by atoms with Gasteiger partial charge in [-0.15, -0.1) is 11.3 Å². The molecule has 26 heavy (non-hydrogen) atoms. The number of hydrogen-bond donors (Lipinski definition) is 1. The molecule has 0 aliphatic heterocycles. The molecule has 140 valence electrons. The Morgan fingerprint density at radius 1 is 1.15 bits per heavy atom. The van der Waals surface area contributed by atoms with Crippen molar-refractivity contribution in [3.8, 4) is 17.2 Å². The van der Waals surface area contributed by atoms with E-state index in [1.807, 2.05) is 33.1 Å². The number of carbonyl (C=O) groups is 1. The van der Waals surface area contributed by atoms with E-state index >= 15 is 0 Å². The number of hydrogen-bond acceptors (Lipinski definition) is 7. The maximum absolute atomic E-state index is 12.4. The van der Waals surface area contributed by atoms with Crippen LogP contribution in [0.5, 0.6) is 17.2 Å². The van der Waals surface area contributed by atoms with Crippen LogP contribution < -0.4 is 19.6 Å². The molecule has 1 heterocycles. The summed E-state index contributed by atoms with van der Waals surface area (Å²) in [6.07, 6.45) is 1.50. The van der Waals surface area contributed by atoms with Crippen LogP contribution in [0.2, 0.25) is 0 Å². The van der Waals surface area contributed by atoms with E-state index in [0.29, 0.717) is 48.3 Å². The van der Waals surface area contributed by atoms with E-state index in [0.717, 1.165) is 5.01 Å². The zero-order valence-corrected chi connectivity index (χ0v) is 16.2. The molecule has 0 aliphatic rings. The van der Waals surface area contributed by atoms with Crippen molar-refractivity contribution in [2.45, 2.75) is 27.7 Å². The van der Waals surface area contributed by atoms with Gasteiger partial charge in [0.1, 0.15) is 0 Å². The molecule has 8 heteroatoms. The lowest BCUT2D eigenvalue weighted by Gasteiger charge is -2.16. The largest absolute Gasteiger partial charge is 0.490 e. The van der Waals surface area contributed by atoms with Crippen molar-refractivity contribution in [2.24, 2.45) is 5.10 Å². The Morgan fingerprint density at radius 2 is 1.77 bits per heavy atom. The number of carbonyl (C=O) groups excluding carboxylic acids is 1. The molecule has 0 aliphatic carbocycles. The summed E-state index contributed by atoms with van der Waals surface area (Å²) in [5.74, 6) is 1.04. The van der Waals surface area contributed by atoms with Crippen LogP contribution in [0, 0.1) is 6.92 Å². The Bertz CT molecular complexity index is 747. The number of nitrogens with zero attached hydrogens (tertiary/aromatic N) is 2. The standard InChI is InChI=1S/C18H23N3O4S/c1-5-23-15-8-13(9-16(24-6-2)17(15)25-7-3)18(22)21-19-10-14-11-26-12(4)20-14/h8-11H,5-7H2,1-4H3,(H,21,22)/b19-10-.